The van der Waals surface area contributed by atoms with Gasteiger partial charge in [-0.2, -0.15) is 0 Å². The molecule has 2 heterocycles. The predicted molar refractivity (Wildman–Crippen MR) is 84.2 cm³/mol. The summed E-state index contributed by atoms with van der Waals surface area (Å²) in [5, 5.41) is 5.42. The molecule has 0 spiro atoms. The fourth-order valence-corrected chi connectivity index (χ4v) is 3.19. The summed E-state index contributed by atoms with van der Waals surface area (Å²) >= 11 is 1.43. The van der Waals surface area contributed by atoms with Crippen LogP contribution in [0, 0.1) is 18.8 Å². The molecule has 21 heavy (non-hydrogen) atoms. The lowest BCUT2D eigenvalue weighted by atomic mass is 9.95. The number of hydrogen-bond acceptors (Lipinski definition) is 4. The van der Waals surface area contributed by atoms with Gasteiger partial charge in [0.05, 0.1) is 11.6 Å². The van der Waals surface area contributed by atoms with E-state index in [2.05, 4.69) is 10.3 Å². The smallest absolute Gasteiger partial charge is 0.231 e. The Balaban J connectivity index is 1.94. The quantitative estimate of drug-likeness (QED) is 0.930. The number of nitrogens with one attached hydrogen (secondary N) is 1. The molecule has 1 aromatic heterocycles. The molecule has 2 rings (SSSR count). The van der Waals surface area contributed by atoms with Gasteiger partial charge in [-0.15, -0.1) is 11.3 Å². The standard InChI is InChI=1S/C15H23N3O2S/c1-4-10(2)14(20)18-7-5-6-12(8-18)13(19)17-15-16-11(3)9-21-15/h9-10,12H,4-8H2,1-3H3,(H,16,17,19). The van der Waals surface area contributed by atoms with Gasteiger partial charge in [-0.3, -0.25) is 9.59 Å². The second-order valence-electron chi connectivity index (χ2n) is 5.72. The van der Waals surface area contributed by atoms with Crippen LogP contribution in [0.25, 0.3) is 0 Å². The number of thiazole rings is 1. The van der Waals surface area contributed by atoms with E-state index in [9.17, 15) is 9.59 Å². The zero-order valence-electron chi connectivity index (χ0n) is 12.9. The highest BCUT2D eigenvalue weighted by Crippen LogP contribution is 2.22. The Morgan fingerprint density at radius 1 is 1.57 bits per heavy atom. The Bertz CT molecular complexity index is 515. The molecule has 1 aliphatic heterocycles. The first-order chi connectivity index (χ1) is 10.0. The number of hydrogen-bond donors (Lipinski definition) is 1. The second-order valence-corrected chi connectivity index (χ2v) is 6.57. The van der Waals surface area contributed by atoms with Crippen molar-refractivity contribution in [3.63, 3.8) is 0 Å². The molecule has 1 aromatic rings. The van der Waals surface area contributed by atoms with Crippen molar-refractivity contribution in [2.24, 2.45) is 11.8 Å². The molecule has 0 aromatic carbocycles. The van der Waals surface area contributed by atoms with Crippen LogP contribution in [0.15, 0.2) is 5.38 Å². The number of piperidine rings is 1. The minimum absolute atomic E-state index is 0.0222. The van der Waals surface area contributed by atoms with Crippen LogP contribution in [0.1, 0.15) is 38.8 Å². The predicted octanol–water partition coefficient (Wildman–Crippen LogP) is 2.67. The third-order valence-corrected chi connectivity index (χ3v) is 4.86. The number of carbonyl (C=O) groups is 2. The summed E-state index contributed by atoms with van der Waals surface area (Å²) in [7, 11) is 0. The lowest BCUT2D eigenvalue weighted by Crippen LogP contribution is -2.45. The van der Waals surface area contributed by atoms with Gasteiger partial charge in [0.1, 0.15) is 0 Å². The average molecular weight is 309 g/mol. The zero-order chi connectivity index (χ0) is 15.4. The van der Waals surface area contributed by atoms with E-state index in [1.54, 1.807) is 0 Å². The molecular weight excluding hydrogens is 286 g/mol. The molecule has 0 aliphatic carbocycles. The van der Waals surface area contributed by atoms with Crippen LogP contribution in [0.4, 0.5) is 5.13 Å². The molecule has 5 nitrogen and oxygen atoms in total. The first-order valence-electron chi connectivity index (χ1n) is 7.53. The van der Waals surface area contributed by atoms with E-state index in [-0.39, 0.29) is 23.7 Å². The van der Waals surface area contributed by atoms with Crippen LogP contribution in [-0.2, 0) is 9.59 Å². The Morgan fingerprint density at radius 3 is 2.95 bits per heavy atom. The highest BCUT2D eigenvalue weighted by atomic mass is 32.1. The molecule has 1 saturated heterocycles. The minimum atomic E-state index is -0.129. The lowest BCUT2D eigenvalue weighted by Gasteiger charge is -2.33. The number of rotatable bonds is 4. The van der Waals surface area contributed by atoms with Crippen LogP contribution < -0.4 is 5.32 Å². The zero-order valence-corrected chi connectivity index (χ0v) is 13.7. The fraction of sp³-hybridized carbons (Fsp3) is 0.667. The molecule has 0 radical (unpaired) electrons. The molecule has 0 bridgehead atoms. The van der Waals surface area contributed by atoms with E-state index in [1.165, 1.54) is 11.3 Å². The molecule has 0 saturated carbocycles. The summed E-state index contributed by atoms with van der Waals surface area (Å²) in [4.78, 5) is 30.6. The maximum atomic E-state index is 12.3. The molecule has 1 N–H and O–H groups in total. The molecule has 2 amide bonds. The third kappa shape index (κ3) is 4.03. The summed E-state index contributed by atoms with van der Waals surface area (Å²) in [6.07, 6.45) is 2.56. The van der Waals surface area contributed by atoms with E-state index in [4.69, 9.17) is 0 Å². The van der Waals surface area contributed by atoms with Gasteiger partial charge < -0.3 is 10.2 Å². The van der Waals surface area contributed by atoms with Gasteiger partial charge in [-0.25, -0.2) is 4.98 Å². The molecule has 1 fully saturated rings. The molecule has 2 unspecified atom stereocenters. The summed E-state index contributed by atoms with van der Waals surface area (Å²) in [6.45, 7) is 7.16. The minimum Gasteiger partial charge on any atom is -0.342 e. The highest BCUT2D eigenvalue weighted by molar-refractivity contribution is 7.13. The number of carbonyl (C=O) groups excluding carboxylic acids is 2. The van der Waals surface area contributed by atoms with Crippen molar-refractivity contribution in [2.45, 2.75) is 40.0 Å². The van der Waals surface area contributed by atoms with Gasteiger partial charge in [0, 0.05) is 24.4 Å². The molecule has 2 atom stereocenters. The van der Waals surface area contributed by atoms with Crippen LogP contribution >= 0.6 is 11.3 Å². The van der Waals surface area contributed by atoms with Gasteiger partial charge in [0.25, 0.3) is 0 Å². The van der Waals surface area contributed by atoms with Crippen molar-refractivity contribution < 1.29 is 9.59 Å². The van der Waals surface area contributed by atoms with E-state index >= 15 is 0 Å². The number of aryl methyl sites for hydroxylation is 1. The molecular formula is C15H23N3O2S. The second kappa shape index (κ2) is 7.02. The summed E-state index contributed by atoms with van der Waals surface area (Å²) < 4.78 is 0. The first-order valence-corrected chi connectivity index (χ1v) is 8.41. The Labute approximate surface area is 129 Å². The van der Waals surface area contributed by atoms with Crippen molar-refractivity contribution in [1.29, 1.82) is 0 Å². The van der Waals surface area contributed by atoms with Gasteiger partial charge in [0.2, 0.25) is 11.8 Å². The van der Waals surface area contributed by atoms with E-state index in [1.807, 2.05) is 31.1 Å². The van der Waals surface area contributed by atoms with Crippen molar-refractivity contribution in [3.8, 4) is 0 Å². The van der Waals surface area contributed by atoms with Crippen molar-refractivity contribution >= 4 is 28.3 Å². The van der Waals surface area contributed by atoms with Gasteiger partial charge in [-0.1, -0.05) is 13.8 Å². The van der Waals surface area contributed by atoms with E-state index in [0.29, 0.717) is 11.7 Å². The third-order valence-electron chi connectivity index (χ3n) is 3.99. The Kier molecular flexibility index (Phi) is 5.33. The molecule has 116 valence electrons. The number of amides is 2. The Hall–Kier alpha value is -1.43. The molecule has 1 aliphatic rings. The fourth-order valence-electron chi connectivity index (χ4n) is 2.50. The van der Waals surface area contributed by atoms with Gasteiger partial charge in [-0.05, 0) is 26.2 Å². The van der Waals surface area contributed by atoms with Crippen LogP contribution in [0.3, 0.4) is 0 Å². The number of anilines is 1. The number of nitrogens with zero attached hydrogens (tertiary/aromatic N) is 2. The topological polar surface area (TPSA) is 62.3 Å². The van der Waals surface area contributed by atoms with Crippen LogP contribution in [-0.4, -0.2) is 34.8 Å². The largest absolute Gasteiger partial charge is 0.342 e. The van der Waals surface area contributed by atoms with Crippen LogP contribution in [0.5, 0.6) is 0 Å². The summed E-state index contributed by atoms with van der Waals surface area (Å²) in [5.41, 5.74) is 0.910. The Morgan fingerprint density at radius 2 is 2.33 bits per heavy atom. The van der Waals surface area contributed by atoms with Crippen molar-refractivity contribution in [2.75, 3.05) is 18.4 Å². The first kappa shape index (κ1) is 15.9. The normalized spacial score (nSPS) is 20.1. The summed E-state index contributed by atoms with van der Waals surface area (Å²) in [6, 6.07) is 0. The van der Waals surface area contributed by atoms with E-state index in [0.717, 1.165) is 31.5 Å². The van der Waals surface area contributed by atoms with Gasteiger partial charge >= 0.3 is 0 Å². The monoisotopic (exact) mass is 309 g/mol. The van der Waals surface area contributed by atoms with Crippen molar-refractivity contribution in [1.82, 2.24) is 9.88 Å². The SMILES string of the molecule is CCC(C)C(=O)N1CCCC(C(=O)Nc2nc(C)cs2)C1. The highest BCUT2D eigenvalue weighted by Gasteiger charge is 2.30. The number of aromatic nitrogens is 1. The maximum Gasteiger partial charge on any atom is 0.231 e. The van der Waals surface area contributed by atoms with Gasteiger partial charge in [0.15, 0.2) is 5.13 Å². The lowest BCUT2D eigenvalue weighted by molar-refractivity contribution is -0.138. The van der Waals surface area contributed by atoms with Crippen LogP contribution in [0.2, 0.25) is 0 Å². The maximum absolute atomic E-state index is 12.3. The average Bonchev–Trinajstić information content (AvgIpc) is 2.90. The van der Waals surface area contributed by atoms with Crippen molar-refractivity contribution in [3.05, 3.63) is 11.1 Å². The molecule has 6 heteroatoms. The summed E-state index contributed by atoms with van der Waals surface area (Å²) in [5.74, 6) is 0.0514. The number of likely N-dealkylation sites (tertiary alicyclic amines) is 1. The van der Waals surface area contributed by atoms with E-state index < -0.39 is 0 Å².